The Balaban J connectivity index is 1.61. The molecule has 0 spiro atoms. The summed E-state index contributed by atoms with van der Waals surface area (Å²) < 4.78 is 5.15. The van der Waals surface area contributed by atoms with Crippen molar-refractivity contribution in [3.05, 3.63) is 70.1 Å². The van der Waals surface area contributed by atoms with Gasteiger partial charge in [0.1, 0.15) is 22.3 Å². The van der Waals surface area contributed by atoms with Crippen molar-refractivity contribution >= 4 is 34.6 Å². The third kappa shape index (κ3) is 3.31. The summed E-state index contributed by atoms with van der Waals surface area (Å²) in [6.07, 6.45) is 1.55. The molecule has 1 aromatic carbocycles. The van der Waals surface area contributed by atoms with Crippen molar-refractivity contribution in [3.63, 3.8) is 0 Å². The molecule has 2 amide bonds. The van der Waals surface area contributed by atoms with E-state index in [0.29, 0.717) is 16.8 Å². The lowest BCUT2D eigenvalue weighted by Crippen LogP contribution is -2.45. The number of carbonyl (C=O) groups is 2. The van der Waals surface area contributed by atoms with E-state index in [1.807, 2.05) is 12.1 Å². The van der Waals surface area contributed by atoms with Crippen LogP contribution in [0.5, 0.6) is 5.75 Å². The summed E-state index contributed by atoms with van der Waals surface area (Å²) in [7, 11) is 1.58. The molecule has 0 saturated carbocycles. The number of H-pyrrole nitrogens is 1. The standard InChI is InChI=1S/C19H16N4O4S/c1-27-13-6-4-11(5-7-13)19-23(15(24)10-28-19)22-18(26)14-9-12-3-2-8-20-16(12)21-17(14)25/h2-9,19H,10H2,1H3,(H,22,26)(H,20,21,25). The molecule has 1 fully saturated rings. The van der Waals surface area contributed by atoms with Crippen LogP contribution in [0.4, 0.5) is 0 Å². The molecule has 1 unspecified atom stereocenters. The summed E-state index contributed by atoms with van der Waals surface area (Å²) in [5.74, 6) is 0.0407. The van der Waals surface area contributed by atoms with Gasteiger partial charge in [-0.3, -0.25) is 19.8 Å². The summed E-state index contributed by atoms with van der Waals surface area (Å²) in [5, 5.41) is 1.51. The number of nitrogens with zero attached hydrogens (tertiary/aromatic N) is 2. The molecular formula is C19H16N4O4S. The van der Waals surface area contributed by atoms with E-state index in [0.717, 1.165) is 5.56 Å². The molecule has 4 rings (SSSR count). The van der Waals surface area contributed by atoms with E-state index in [1.165, 1.54) is 22.8 Å². The fourth-order valence-corrected chi connectivity index (χ4v) is 4.04. The van der Waals surface area contributed by atoms with Gasteiger partial charge < -0.3 is 9.72 Å². The predicted molar refractivity (Wildman–Crippen MR) is 105 cm³/mol. The number of nitrogens with one attached hydrogen (secondary N) is 2. The summed E-state index contributed by atoms with van der Waals surface area (Å²) >= 11 is 1.39. The number of ether oxygens (including phenoxy) is 1. The second-order valence-corrected chi connectivity index (χ2v) is 7.16. The lowest BCUT2D eigenvalue weighted by atomic mass is 10.2. The van der Waals surface area contributed by atoms with Crippen LogP contribution in [0.15, 0.2) is 53.5 Å². The van der Waals surface area contributed by atoms with Crippen molar-refractivity contribution in [2.45, 2.75) is 5.37 Å². The van der Waals surface area contributed by atoms with E-state index in [2.05, 4.69) is 15.4 Å². The number of aromatic nitrogens is 2. The molecule has 3 heterocycles. The Morgan fingerprint density at radius 1 is 1.29 bits per heavy atom. The first-order chi connectivity index (χ1) is 13.6. The zero-order valence-corrected chi connectivity index (χ0v) is 15.7. The summed E-state index contributed by atoms with van der Waals surface area (Å²) in [4.78, 5) is 43.9. The number of thioether (sulfide) groups is 1. The minimum atomic E-state index is -0.652. The van der Waals surface area contributed by atoms with E-state index < -0.39 is 11.5 Å². The van der Waals surface area contributed by atoms with Crippen LogP contribution < -0.4 is 15.7 Å². The third-order valence-electron chi connectivity index (χ3n) is 4.35. The number of rotatable bonds is 4. The van der Waals surface area contributed by atoms with Crippen LogP contribution in [-0.4, -0.2) is 39.7 Å². The number of pyridine rings is 2. The molecule has 28 heavy (non-hydrogen) atoms. The van der Waals surface area contributed by atoms with Gasteiger partial charge in [0.05, 0.1) is 12.9 Å². The quantitative estimate of drug-likeness (QED) is 0.697. The lowest BCUT2D eigenvalue weighted by molar-refractivity contribution is -0.130. The van der Waals surface area contributed by atoms with Crippen molar-refractivity contribution in [3.8, 4) is 5.75 Å². The minimum absolute atomic E-state index is 0.0846. The molecule has 0 aliphatic carbocycles. The highest BCUT2D eigenvalue weighted by Crippen LogP contribution is 2.37. The molecule has 2 N–H and O–H groups in total. The topological polar surface area (TPSA) is 104 Å². The molecule has 0 radical (unpaired) electrons. The Kier molecular flexibility index (Phi) is 4.74. The fraction of sp³-hybridized carbons (Fsp3) is 0.158. The Labute approximate surface area is 163 Å². The molecule has 1 aliphatic heterocycles. The second kappa shape index (κ2) is 7.35. The highest BCUT2D eigenvalue weighted by atomic mass is 32.2. The molecule has 9 heteroatoms. The Bertz CT molecular complexity index is 1110. The Morgan fingerprint density at radius 3 is 2.82 bits per heavy atom. The Morgan fingerprint density at radius 2 is 2.07 bits per heavy atom. The van der Waals surface area contributed by atoms with Crippen LogP contribution in [-0.2, 0) is 4.79 Å². The highest BCUT2D eigenvalue weighted by molar-refractivity contribution is 8.00. The monoisotopic (exact) mass is 396 g/mol. The third-order valence-corrected chi connectivity index (χ3v) is 5.56. The number of hydrazine groups is 1. The van der Waals surface area contributed by atoms with Crippen LogP contribution in [0.25, 0.3) is 11.0 Å². The van der Waals surface area contributed by atoms with Crippen molar-refractivity contribution in [2.24, 2.45) is 0 Å². The summed E-state index contributed by atoms with van der Waals surface area (Å²) in [6.45, 7) is 0. The molecule has 1 aliphatic rings. The first kappa shape index (κ1) is 18.1. The van der Waals surface area contributed by atoms with Gasteiger partial charge in [-0.2, -0.15) is 0 Å². The van der Waals surface area contributed by atoms with E-state index in [1.54, 1.807) is 37.6 Å². The molecule has 8 nitrogen and oxygen atoms in total. The van der Waals surface area contributed by atoms with Gasteiger partial charge in [-0.15, -0.1) is 11.8 Å². The van der Waals surface area contributed by atoms with Gasteiger partial charge in [0.15, 0.2) is 0 Å². The SMILES string of the molecule is COc1ccc(C2SCC(=O)N2NC(=O)c2cc3cccnc3[nH]c2=O)cc1. The maximum Gasteiger partial charge on any atom is 0.275 e. The maximum absolute atomic E-state index is 12.7. The fourth-order valence-electron chi connectivity index (χ4n) is 2.93. The van der Waals surface area contributed by atoms with E-state index in [4.69, 9.17) is 4.74 Å². The van der Waals surface area contributed by atoms with Crippen LogP contribution >= 0.6 is 11.8 Å². The van der Waals surface area contributed by atoms with Crippen LogP contribution in [0.2, 0.25) is 0 Å². The van der Waals surface area contributed by atoms with Gasteiger partial charge in [-0.05, 0) is 35.9 Å². The highest BCUT2D eigenvalue weighted by Gasteiger charge is 2.34. The van der Waals surface area contributed by atoms with Gasteiger partial charge in [0.2, 0.25) is 0 Å². The van der Waals surface area contributed by atoms with Crippen molar-refractivity contribution in [1.29, 1.82) is 0 Å². The van der Waals surface area contributed by atoms with Gasteiger partial charge in [-0.1, -0.05) is 12.1 Å². The number of benzene rings is 1. The van der Waals surface area contributed by atoms with E-state index >= 15 is 0 Å². The molecule has 1 saturated heterocycles. The molecular weight excluding hydrogens is 380 g/mol. The van der Waals surface area contributed by atoms with Crippen LogP contribution in [0.3, 0.4) is 0 Å². The first-order valence-corrected chi connectivity index (χ1v) is 9.48. The molecule has 0 bridgehead atoms. The predicted octanol–water partition coefficient (Wildman–Crippen LogP) is 1.85. The van der Waals surface area contributed by atoms with E-state index in [-0.39, 0.29) is 22.6 Å². The first-order valence-electron chi connectivity index (χ1n) is 8.43. The Hall–Kier alpha value is -3.33. The number of hydrogen-bond donors (Lipinski definition) is 2. The number of hydrogen-bond acceptors (Lipinski definition) is 6. The number of methoxy groups -OCH3 is 1. The van der Waals surface area contributed by atoms with Crippen LogP contribution in [0.1, 0.15) is 21.3 Å². The van der Waals surface area contributed by atoms with Crippen molar-refractivity contribution in [1.82, 2.24) is 20.4 Å². The zero-order chi connectivity index (χ0) is 19.7. The van der Waals surface area contributed by atoms with E-state index in [9.17, 15) is 14.4 Å². The average molecular weight is 396 g/mol. The summed E-state index contributed by atoms with van der Waals surface area (Å²) in [6, 6.07) is 12.2. The second-order valence-electron chi connectivity index (χ2n) is 6.09. The minimum Gasteiger partial charge on any atom is -0.497 e. The molecule has 1 atom stereocenters. The number of carbonyl (C=O) groups excluding carboxylic acids is 2. The van der Waals surface area contributed by atoms with Crippen molar-refractivity contribution in [2.75, 3.05) is 12.9 Å². The largest absolute Gasteiger partial charge is 0.497 e. The molecule has 2 aromatic heterocycles. The van der Waals surface area contributed by atoms with Crippen molar-refractivity contribution < 1.29 is 14.3 Å². The van der Waals surface area contributed by atoms with Gasteiger partial charge in [0.25, 0.3) is 17.4 Å². The van der Waals surface area contributed by atoms with Crippen LogP contribution in [0, 0.1) is 0 Å². The number of amides is 2. The lowest BCUT2D eigenvalue weighted by Gasteiger charge is -2.24. The molecule has 3 aromatic rings. The zero-order valence-electron chi connectivity index (χ0n) is 14.8. The summed E-state index contributed by atoms with van der Waals surface area (Å²) in [5.41, 5.74) is 3.17. The smallest absolute Gasteiger partial charge is 0.275 e. The average Bonchev–Trinajstić information content (AvgIpc) is 3.07. The van der Waals surface area contributed by atoms with Gasteiger partial charge >= 0.3 is 0 Å². The number of fused-ring (bicyclic) bond motifs is 1. The number of aromatic amines is 1. The van der Waals surface area contributed by atoms with Gasteiger partial charge in [0, 0.05) is 11.6 Å². The normalized spacial score (nSPS) is 16.4. The molecule has 142 valence electrons. The van der Waals surface area contributed by atoms with Gasteiger partial charge in [-0.25, -0.2) is 9.99 Å². The maximum atomic E-state index is 12.7.